The Morgan fingerprint density at radius 2 is 1.77 bits per heavy atom. The first kappa shape index (κ1) is 18.0. The van der Waals surface area contributed by atoms with Crippen LogP contribution in [0.1, 0.15) is 32.3 Å². The molecule has 7 heteroatoms. The average Bonchev–Trinajstić information content (AvgIpc) is 2.93. The molecule has 0 unspecified atom stereocenters. The smallest absolute Gasteiger partial charge is 0.266 e. The molecule has 3 rings (SSSR count). The third kappa shape index (κ3) is 3.57. The number of carbonyl (C=O) groups is 2. The van der Waals surface area contributed by atoms with E-state index in [0.717, 1.165) is 27.0 Å². The number of thiophene rings is 1. The molecule has 26 heavy (non-hydrogen) atoms. The number of aryl methyl sites for hydroxylation is 3. The molecule has 3 aromatic rings. The normalized spacial score (nSPS) is 10.8. The van der Waals surface area contributed by atoms with Crippen molar-refractivity contribution in [3.05, 3.63) is 51.8 Å². The molecule has 1 aromatic carbocycles. The molecular weight excluding hydrogens is 348 g/mol. The molecule has 2 amide bonds. The molecule has 134 valence electrons. The minimum atomic E-state index is -0.165. The first-order valence-electron chi connectivity index (χ1n) is 8.24. The molecular formula is C19H20N4O2S. The third-order valence-electron chi connectivity index (χ3n) is 4.14. The molecule has 2 aromatic heterocycles. The molecule has 6 nitrogen and oxygen atoms in total. The van der Waals surface area contributed by atoms with Crippen molar-refractivity contribution in [3.63, 3.8) is 0 Å². The van der Waals surface area contributed by atoms with Crippen LogP contribution in [0.4, 0.5) is 5.69 Å². The van der Waals surface area contributed by atoms with Crippen LogP contribution in [0.15, 0.2) is 24.3 Å². The number of anilines is 1. The number of aromatic nitrogens is 2. The van der Waals surface area contributed by atoms with Gasteiger partial charge in [-0.15, -0.1) is 11.3 Å². The van der Waals surface area contributed by atoms with Crippen molar-refractivity contribution in [2.45, 2.75) is 27.2 Å². The zero-order chi connectivity index (χ0) is 18.8. The lowest BCUT2D eigenvalue weighted by Crippen LogP contribution is -2.19. The zero-order valence-electron chi connectivity index (χ0n) is 15.1. The van der Waals surface area contributed by atoms with Crippen molar-refractivity contribution in [1.29, 1.82) is 0 Å². The van der Waals surface area contributed by atoms with E-state index in [2.05, 4.69) is 20.6 Å². The zero-order valence-corrected chi connectivity index (χ0v) is 16.0. The monoisotopic (exact) mass is 368 g/mol. The second-order valence-electron chi connectivity index (χ2n) is 6.09. The average molecular weight is 368 g/mol. The molecule has 0 atom stereocenters. The Bertz CT molecular complexity index is 993. The molecule has 0 radical (unpaired) electrons. The van der Waals surface area contributed by atoms with Crippen LogP contribution < -0.4 is 10.6 Å². The summed E-state index contributed by atoms with van der Waals surface area (Å²) in [6.07, 6.45) is 0.317. The Balaban J connectivity index is 1.82. The molecule has 0 saturated heterocycles. The standard InChI is InChI=1S/C19H20N4O2S/c1-10-16-11(2)21-12(3)22-19(16)26-17(10)18(25)23-14-7-5-13(6-8-14)9-15(24)20-4/h5-8H,9H2,1-4H3,(H,20,24)(H,23,25). The lowest BCUT2D eigenvalue weighted by molar-refractivity contribution is -0.119. The van der Waals surface area contributed by atoms with E-state index in [0.29, 0.717) is 22.8 Å². The van der Waals surface area contributed by atoms with Crippen LogP contribution >= 0.6 is 11.3 Å². The van der Waals surface area contributed by atoms with Crippen molar-refractivity contribution < 1.29 is 9.59 Å². The lowest BCUT2D eigenvalue weighted by Gasteiger charge is -2.06. The summed E-state index contributed by atoms with van der Waals surface area (Å²) in [5.74, 6) is 0.492. The fourth-order valence-corrected chi connectivity index (χ4v) is 4.03. The van der Waals surface area contributed by atoms with Crippen LogP contribution in [0, 0.1) is 20.8 Å². The predicted octanol–water partition coefficient (Wildman–Crippen LogP) is 3.16. The van der Waals surface area contributed by atoms with Crippen LogP contribution in [-0.2, 0) is 11.2 Å². The molecule has 0 aliphatic rings. The van der Waals surface area contributed by atoms with E-state index in [4.69, 9.17) is 0 Å². The van der Waals surface area contributed by atoms with Gasteiger partial charge in [-0.3, -0.25) is 9.59 Å². The van der Waals surface area contributed by atoms with Gasteiger partial charge < -0.3 is 10.6 Å². The van der Waals surface area contributed by atoms with Gasteiger partial charge in [-0.2, -0.15) is 0 Å². The number of nitrogens with zero attached hydrogens (tertiary/aromatic N) is 2. The van der Waals surface area contributed by atoms with Gasteiger partial charge in [-0.05, 0) is 44.0 Å². The van der Waals surface area contributed by atoms with Gasteiger partial charge in [0.05, 0.1) is 11.3 Å². The highest BCUT2D eigenvalue weighted by atomic mass is 32.1. The number of carbonyl (C=O) groups excluding carboxylic acids is 2. The fraction of sp³-hybridized carbons (Fsp3) is 0.263. The number of benzene rings is 1. The summed E-state index contributed by atoms with van der Waals surface area (Å²) in [4.78, 5) is 34.4. The summed E-state index contributed by atoms with van der Waals surface area (Å²) in [7, 11) is 1.61. The fourth-order valence-electron chi connectivity index (χ4n) is 2.86. The Morgan fingerprint density at radius 3 is 2.42 bits per heavy atom. The number of amides is 2. The van der Waals surface area contributed by atoms with Crippen molar-refractivity contribution in [2.75, 3.05) is 12.4 Å². The summed E-state index contributed by atoms with van der Waals surface area (Å²) < 4.78 is 0. The molecule has 0 fully saturated rings. The number of hydrogen-bond acceptors (Lipinski definition) is 5. The number of likely N-dealkylation sites (N-methyl/N-ethyl adjacent to an activating group) is 1. The highest BCUT2D eigenvalue weighted by Crippen LogP contribution is 2.31. The maximum atomic E-state index is 12.7. The van der Waals surface area contributed by atoms with Crippen LogP contribution in [0.5, 0.6) is 0 Å². The Morgan fingerprint density at radius 1 is 1.08 bits per heavy atom. The van der Waals surface area contributed by atoms with Crippen molar-refractivity contribution in [2.24, 2.45) is 0 Å². The van der Waals surface area contributed by atoms with E-state index in [1.165, 1.54) is 11.3 Å². The van der Waals surface area contributed by atoms with Crippen LogP contribution in [0.2, 0.25) is 0 Å². The van der Waals surface area contributed by atoms with Gasteiger partial charge in [0.15, 0.2) is 0 Å². The second-order valence-corrected chi connectivity index (χ2v) is 7.09. The summed E-state index contributed by atoms with van der Waals surface area (Å²) in [6, 6.07) is 7.27. The molecule has 0 saturated carbocycles. The molecule has 0 aliphatic heterocycles. The Kier molecular flexibility index (Phi) is 4.99. The maximum absolute atomic E-state index is 12.7. The van der Waals surface area contributed by atoms with Crippen molar-refractivity contribution >= 4 is 39.1 Å². The van der Waals surface area contributed by atoms with E-state index < -0.39 is 0 Å². The predicted molar refractivity (Wildman–Crippen MR) is 104 cm³/mol. The summed E-state index contributed by atoms with van der Waals surface area (Å²) in [5.41, 5.74) is 3.36. The highest BCUT2D eigenvalue weighted by molar-refractivity contribution is 7.20. The minimum absolute atomic E-state index is 0.0468. The minimum Gasteiger partial charge on any atom is -0.359 e. The van der Waals surface area contributed by atoms with Gasteiger partial charge in [0.25, 0.3) is 5.91 Å². The quantitative estimate of drug-likeness (QED) is 0.741. The van der Waals surface area contributed by atoms with Gasteiger partial charge in [0.1, 0.15) is 10.7 Å². The molecule has 0 spiro atoms. The first-order chi connectivity index (χ1) is 12.4. The van der Waals surface area contributed by atoms with Gasteiger partial charge in [-0.25, -0.2) is 9.97 Å². The van der Waals surface area contributed by atoms with Crippen LogP contribution in [0.3, 0.4) is 0 Å². The largest absolute Gasteiger partial charge is 0.359 e. The van der Waals surface area contributed by atoms with Crippen molar-refractivity contribution in [1.82, 2.24) is 15.3 Å². The van der Waals surface area contributed by atoms with Crippen LogP contribution in [-0.4, -0.2) is 28.8 Å². The molecule has 0 bridgehead atoms. The van der Waals surface area contributed by atoms with E-state index in [1.807, 2.05) is 32.9 Å². The number of hydrogen-bond donors (Lipinski definition) is 2. The number of nitrogens with one attached hydrogen (secondary N) is 2. The van der Waals surface area contributed by atoms with E-state index in [1.54, 1.807) is 19.2 Å². The molecule has 0 aliphatic carbocycles. The Hall–Kier alpha value is -2.80. The molecule has 2 N–H and O–H groups in total. The number of rotatable bonds is 4. The van der Waals surface area contributed by atoms with E-state index in [-0.39, 0.29) is 11.8 Å². The topological polar surface area (TPSA) is 84.0 Å². The summed E-state index contributed by atoms with van der Waals surface area (Å²) >= 11 is 1.38. The van der Waals surface area contributed by atoms with Crippen LogP contribution in [0.25, 0.3) is 10.2 Å². The summed E-state index contributed by atoms with van der Waals surface area (Å²) in [5, 5.41) is 6.45. The van der Waals surface area contributed by atoms with Crippen molar-refractivity contribution in [3.8, 4) is 0 Å². The maximum Gasteiger partial charge on any atom is 0.266 e. The van der Waals surface area contributed by atoms with Gasteiger partial charge in [-0.1, -0.05) is 12.1 Å². The van der Waals surface area contributed by atoms with Gasteiger partial charge in [0, 0.05) is 23.8 Å². The van der Waals surface area contributed by atoms with E-state index in [9.17, 15) is 9.59 Å². The van der Waals surface area contributed by atoms with Gasteiger partial charge in [0.2, 0.25) is 5.91 Å². The Labute approximate surface area is 155 Å². The lowest BCUT2D eigenvalue weighted by atomic mass is 10.1. The first-order valence-corrected chi connectivity index (χ1v) is 9.06. The third-order valence-corrected chi connectivity index (χ3v) is 5.33. The van der Waals surface area contributed by atoms with Gasteiger partial charge >= 0.3 is 0 Å². The van der Waals surface area contributed by atoms with E-state index >= 15 is 0 Å². The number of fused-ring (bicyclic) bond motifs is 1. The second kappa shape index (κ2) is 7.21. The highest BCUT2D eigenvalue weighted by Gasteiger charge is 2.18. The molecule has 2 heterocycles. The summed E-state index contributed by atoms with van der Waals surface area (Å²) in [6.45, 7) is 5.71. The SMILES string of the molecule is CNC(=O)Cc1ccc(NC(=O)c2sc3nc(C)nc(C)c3c2C)cc1.